The van der Waals surface area contributed by atoms with Crippen LogP contribution < -0.4 is 20.2 Å². The van der Waals surface area contributed by atoms with Crippen LogP contribution in [-0.2, 0) is 19.1 Å². The van der Waals surface area contributed by atoms with E-state index in [4.69, 9.17) is 9.47 Å². The lowest BCUT2D eigenvalue weighted by atomic mass is 10.2. The zero-order chi connectivity index (χ0) is 22.5. The second-order valence-corrected chi connectivity index (χ2v) is 6.23. The fourth-order valence-electron chi connectivity index (χ4n) is 2.34. The van der Waals surface area contributed by atoms with E-state index in [0.717, 1.165) is 11.3 Å². The molecule has 0 aliphatic carbocycles. The van der Waals surface area contributed by atoms with E-state index < -0.39 is 5.97 Å². The average molecular weight is 427 g/mol. The minimum absolute atomic E-state index is 0.000505. The summed E-state index contributed by atoms with van der Waals surface area (Å²) < 4.78 is 15.1. The van der Waals surface area contributed by atoms with Crippen molar-refractivity contribution in [2.75, 3.05) is 25.6 Å². The van der Waals surface area contributed by atoms with Crippen LogP contribution in [0.4, 0.5) is 5.69 Å². The summed E-state index contributed by atoms with van der Waals surface area (Å²) in [4.78, 5) is 34.9. The van der Waals surface area contributed by atoms with Crippen molar-refractivity contribution in [3.05, 3.63) is 54.1 Å². The first-order valence-corrected chi connectivity index (χ1v) is 9.64. The number of amides is 2. The van der Waals surface area contributed by atoms with Gasteiger partial charge in [0.15, 0.2) is 6.61 Å². The second kappa shape index (κ2) is 12.6. The van der Waals surface area contributed by atoms with Crippen molar-refractivity contribution in [2.45, 2.75) is 19.8 Å². The number of rotatable bonds is 11. The highest BCUT2D eigenvalue weighted by Crippen LogP contribution is 2.16. The predicted octanol–water partition coefficient (Wildman–Crippen LogP) is 2.51. The van der Waals surface area contributed by atoms with Gasteiger partial charge in [-0.1, -0.05) is 0 Å². The number of carbonyl (C=O) groups is 3. The Hall–Kier alpha value is -3.88. The van der Waals surface area contributed by atoms with Crippen molar-refractivity contribution in [3.63, 3.8) is 0 Å². The normalized spacial score (nSPS) is 10.4. The molecule has 2 N–H and O–H groups in total. The van der Waals surface area contributed by atoms with Crippen LogP contribution in [0.5, 0.6) is 11.5 Å². The topological polar surface area (TPSA) is 115 Å². The maximum atomic E-state index is 12.0. The second-order valence-electron chi connectivity index (χ2n) is 6.23. The molecule has 9 heteroatoms. The van der Waals surface area contributed by atoms with Crippen LogP contribution in [0, 0.1) is 0 Å². The number of anilines is 1. The molecule has 31 heavy (non-hydrogen) atoms. The number of nitrogens with one attached hydrogen (secondary N) is 2. The summed E-state index contributed by atoms with van der Waals surface area (Å²) in [6.07, 6.45) is 1.49. The van der Waals surface area contributed by atoms with Crippen molar-refractivity contribution in [1.29, 1.82) is 0 Å². The maximum absolute atomic E-state index is 12.0. The molecule has 0 fully saturated rings. The van der Waals surface area contributed by atoms with Gasteiger partial charge >= 0.3 is 5.97 Å². The molecule has 0 aromatic heterocycles. The SMILES string of the molecule is CCOc1ccc(NC(=O)CCC(=O)NN=Cc2ccc(OCC(=O)OC)cc2)cc1. The first-order chi connectivity index (χ1) is 15.0. The summed E-state index contributed by atoms with van der Waals surface area (Å²) in [7, 11) is 1.29. The first kappa shape index (κ1) is 23.4. The Morgan fingerprint density at radius 1 is 0.903 bits per heavy atom. The summed E-state index contributed by atoms with van der Waals surface area (Å²) in [6.45, 7) is 2.29. The summed E-state index contributed by atoms with van der Waals surface area (Å²) in [5.41, 5.74) is 3.73. The molecule has 0 radical (unpaired) electrons. The molecule has 0 heterocycles. The molecule has 0 aliphatic rings. The van der Waals surface area contributed by atoms with E-state index in [2.05, 4.69) is 20.6 Å². The Balaban J connectivity index is 1.69. The van der Waals surface area contributed by atoms with Crippen LogP contribution >= 0.6 is 0 Å². The Morgan fingerprint density at radius 3 is 2.16 bits per heavy atom. The molecule has 0 spiro atoms. The zero-order valence-corrected chi connectivity index (χ0v) is 17.4. The average Bonchev–Trinajstić information content (AvgIpc) is 2.78. The summed E-state index contributed by atoms with van der Waals surface area (Å²) in [5, 5.41) is 6.58. The Bertz CT molecular complexity index is 894. The number of benzene rings is 2. The number of methoxy groups -OCH3 is 1. The monoisotopic (exact) mass is 427 g/mol. The van der Waals surface area contributed by atoms with Crippen molar-refractivity contribution >= 4 is 29.7 Å². The van der Waals surface area contributed by atoms with E-state index in [-0.39, 0.29) is 31.3 Å². The van der Waals surface area contributed by atoms with Crippen LogP contribution in [0.25, 0.3) is 0 Å². The van der Waals surface area contributed by atoms with Gasteiger partial charge in [0, 0.05) is 18.5 Å². The van der Waals surface area contributed by atoms with E-state index >= 15 is 0 Å². The molecule has 0 atom stereocenters. The summed E-state index contributed by atoms with van der Waals surface area (Å²) in [5.74, 6) is 0.106. The van der Waals surface area contributed by atoms with E-state index in [9.17, 15) is 14.4 Å². The largest absolute Gasteiger partial charge is 0.494 e. The molecule has 0 bridgehead atoms. The molecule has 164 valence electrons. The highest BCUT2D eigenvalue weighted by Gasteiger charge is 2.07. The number of nitrogens with zero attached hydrogens (tertiary/aromatic N) is 1. The van der Waals surface area contributed by atoms with Crippen molar-refractivity contribution < 1.29 is 28.6 Å². The van der Waals surface area contributed by atoms with Gasteiger partial charge in [0.25, 0.3) is 0 Å². The number of carbonyl (C=O) groups excluding carboxylic acids is 3. The number of esters is 1. The van der Waals surface area contributed by atoms with Crippen LogP contribution in [0.2, 0.25) is 0 Å². The van der Waals surface area contributed by atoms with E-state index in [0.29, 0.717) is 18.0 Å². The van der Waals surface area contributed by atoms with Crippen LogP contribution in [0.3, 0.4) is 0 Å². The highest BCUT2D eigenvalue weighted by molar-refractivity contribution is 5.93. The fraction of sp³-hybridized carbons (Fsp3) is 0.273. The molecule has 9 nitrogen and oxygen atoms in total. The van der Waals surface area contributed by atoms with Crippen molar-refractivity contribution in [1.82, 2.24) is 5.43 Å². The lowest BCUT2D eigenvalue weighted by Gasteiger charge is -2.07. The Morgan fingerprint density at radius 2 is 1.52 bits per heavy atom. The molecule has 0 saturated heterocycles. The summed E-state index contributed by atoms with van der Waals surface area (Å²) in [6, 6.07) is 13.8. The minimum atomic E-state index is -0.471. The van der Waals surface area contributed by atoms with E-state index in [1.807, 2.05) is 6.92 Å². The standard InChI is InChI=1S/C22H25N3O6/c1-3-30-18-10-6-17(7-11-18)24-20(26)12-13-21(27)25-23-14-16-4-8-19(9-5-16)31-15-22(28)29-2/h4-11,14H,3,12-13,15H2,1-2H3,(H,24,26)(H,25,27). The van der Waals surface area contributed by atoms with Gasteiger partial charge in [-0.3, -0.25) is 9.59 Å². The molecule has 2 aromatic carbocycles. The van der Waals surface area contributed by atoms with Gasteiger partial charge in [0.05, 0.1) is 19.9 Å². The number of ether oxygens (including phenoxy) is 3. The van der Waals surface area contributed by atoms with Gasteiger partial charge in [-0.2, -0.15) is 5.10 Å². The molecule has 0 unspecified atom stereocenters. The Kier molecular flexibility index (Phi) is 9.54. The lowest BCUT2D eigenvalue weighted by Crippen LogP contribution is -2.20. The van der Waals surface area contributed by atoms with Gasteiger partial charge in [-0.25, -0.2) is 10.2 Å². The van der Waals surface area contributed by atoms with E-state index in [1.165, 1.54) is 13.3 Å². The third kappa shape index (κ3) is 8.99. The fourth-order valence-corrected chi connectivity index (χ4v) is 2.34. The smallest absolute Gasteiger partial charge is 0.343 e. The van der Waals surface area contributed by atoms with Gasteiger partial charge < -0.3 is 19.5 Å². The van der Waals surface area contributed by atoms with Crippen LogP contribution in [0.15, 0.2) is 53.6 Å². The van der Waals surface area contributed by atoms with Gasteiger partial charge in [0.2, 0.25) is 11.8 Å². The highest BCUT2D eigenvalue weighted by atomic mass is 16.6. The van der Waals surface area contributed by atoms with E-state index in [1.54, 1.807) is 48.5 Å². The molecule has 2 amide bonds. The minimum Gasteiger partial charge on any atom is -0.494 e. The predicted molar refractivity (Wildman–Crippen MR) is 115 cm³/mol. The van der Waals surface area contributed by atoms with Crippen LogP contribution in [-0.4, -0.2) is 44.3 Å². The Labute approximate surface area is 180 Å². The number of hydrogen-bond donors (Lipinski definition) is 2. The zero-order valence-electron chi connectivity index (χ0n) is 17.4. The molecular formula is C22H25N3O6. The van der Waals surface area contributed by atoms with Crippen molar-refractivity contribution in [2.24, 2.45) is 5.10 Å². The van der Waals surface area contributed by atoms with Gasteiger partial charge in [-0.05, 0) is 61.0 Å². The first-order valence-electron chi connectivity index (χ1n) is 9.64. The molecule has 0 saturated carbocycles. The number of hydrogen-bond acceptors (Lipinski definition) is 7. The van der Waals surface area contributed by atoms with Gasteiger partial charge in [0.1, 0.15) is 11.5 Å². The molecular weight excluding hydrogens is 402 g/mol. The van der Waals surface area contributed by atoms with Gasteiger partial charge in [-0.15, -0.1) is 0 Å². The molecule has 2 aromatic rings. The molecule has 2 rings (SSSR count). The number of hydrazone groups is 1. The quantitative estimate of drug-likeness (QED) is 0.323. The van der Waals surface area contributed by atoms with Crippen molar-refractivity contribution in [3.8, 4) is 11.5 Å². The summed E-state index contributed by atoms with van der Waals surface area (Å²) >= 11 is 0. The third-order valence-electron chi connectivity index (χ3n) is 3.90. The maximum Gasteiger partial charge on any atom is 0.343 e. The lowest BCUT2D eigenvalue weighted by molar-refractivity contribution is -0.142. The van der Waals surface area contributed by atoms with Crippen LogP contribution in [0.1, 0.15) is 25.3 Å². The molecule has 0 aliphatic heterocycles. The third-order valence-corrected chi connectivity index (χ3v) is 3.90.